The van der Waals surface area contributed by atoms with Gasteiger partial charge in [-0.05, 0) is 37.3 Å². The molecule has 4 rings (SSSR count). The molecule has 1 aliphatic rings. The number of thioether (sulfide) groups is 1. The van der Waals surface area contributed by atoms with Crippen LogP contribution in [0.15, 0.2) is 67.3 Å². The van der Waals surface area contributed by atoms with Gasteiger partial charge in [0.25, 0.3) is 0 Å². The molecular formula is C26H23F3N4O3S. The Bertz CT molecular complexity index is 1320. The SMILES string of the molecule is C[C@H](SC1COC(/C=C/C=C/c2ccc(C#N)cc2F)OC1)[C@](O)(c1ccc(F)cc1F)n1cncn1. The Morgan fingerprint density at radius 1 is 1.16 bits per heavy atom. The highest BCUT2D eigenvalue weighted by Gasteiger charge is 2.43. The van der Waals surface area contributed by atoms with Crippen LogP contribution in [0.3, 0.4) is 0 Å². The fourth-order valence-corrected chi connectivity index (χ4v) is 5.14. The van der Waals surface area contributed by atoms with Crippen molar-refractivity contribution in [1.29, 1.82) is 5.26 Å². The molecule has 37 heavy (non-hydrogen) atoms. The summed E-state index contributed by atoms with van der Waals surface area (Å²) in [6, 6.07) is 9.09. The van der Waals surface area contributed by atoms with Gasteiger partial charge in [0.15, 0.2) is 12.0 Å². The number of benzene rings is 2. The second-order valence-corrected chi connectivity index (χ2v) is 9.86. The minimum atomic E-state index is -1.94. The molecular weight excluding hydrogens is 505 g/mol. The van der Waals surface area contributed by atoms with Gasteiger partial charge in [-0.3, -0.25) is 0 Å². The van der Waals surface area contributed by atoms with E-state index in [4.69, 9.17) is 14.7 Å². The van der Waals surface area contributed by atoms with E-state index >= 15 is 0 Å². The van der Waals surface area contributed by atoms with Gasteiger partial charge in [-0.1, -0.05) is 24.3 Å². The second kappa shape index (κ2) is 11.7. The van der Waals surface area contributed by atoms with E-state index in [9.17, 15) is 18.3 Å². The average Bonchev–Trinajstić information content (AvgIpc) is 3.43. The van der Waals surface area contributed by atoms with Gasteiger partial charge in [-0.2, -0.15) is 10.4 Å². The van der Waals surface area contributed by atoms with Crippen molar-refractivity contribution in [3.05, 3.63) is 101 Å². The van der Waals surface area contributed by atoms with Crippen LogP contribution in [0, 0.1) is 28.8 Å². The fraction of sp³-hybridized carbons (Fsp3) is 0.269. The molecule has 2 heterocycles. The molecule has 1 aliphatic heterocycles. The van der Waals surface area contributed by atoms with Crippen molar-refractivity contribution in [1.82, 2.24) is 14.8 Å². The first-order valence-corrected chi connectivity index (χ1v) is 12.2. The Morgan fingerprint density at radius 2 is 1.95 bits per heavy atom. The molecule has 0 unspecified atom stereocenters. The Kier molecular flexibility index (Phi) is 8.45. The number of hydrogen-bond acceptors (Lipinski definition) is 7. The molecule has 0 bridgehead atoms. The van der Waals surface area contributed by atoms with E-state index in [1.807, 2.05) is 6.07 Å². The summed E-state index contributed by atoms with van der Waals surface area (Å²) in [6.45, 7) is 2.28. The third-order valence-corrected chi connectivity index (χ3v) is 7.13. The van der Waals surface area contributed by atoms with E-state index in [2.05, 4.69) is 10.1 Å². The standard InChI is InChI=1S/C26H23F3N4O3S/c1-17(26(34,33-16-31-15-32-33)22-9-8-20(27)11-24(22)29)37-21-13-35-25(36-14-21)5-3-2-4-19-7-6-18(12-30)10-23(19)28/h2-11,15-17,21,25,34H,13-14H2,1H3/b4-2+,5-3+/t17-,21?,25?,26-/m0/s1. The Morgan fingerprint density at radius 3 is 2.59 bits per heavy atom. The summed E-state index contributed by atoms with van der Waals surface area (Å²) >= 11 is 1.31. The van der Waals surface area contributed by atoms with Crippen LogP contribution in [0.25, 0.3) is 6.08 Å². The number of aliphatic hydroxyl groups is 1. The van der Waals surface area contributed by atoms with Gasteiger partial charge < -0.3 is 14.6 Å². The van der Waals surface area contributed by atoms with Gasteiger partial charge in [-0.25, -0.2) is 22.8 Å². The molecule has 0 radical (unpaired) electrons. The second-order valence-electron chi connectivity index (χ2n) is 8.22. The maximum atomic E-state index is 14.7. The summed E-state index contributed by atoms with van der Waals surface area (Å²) in [5.41, 5.74) is -1.49. The molecule has 0 spiro atoms. The average molecular weight is 529 g/mol. The van der Waals surface area contributed by atoms with Crippen molar-refractivity contribution < 1.29 is 27.8 Å². The molecule has 1 fully saturated rings. The lowest BCUT2D eigenvalue weighted by Gasteiger charge is -2.37. The van der Waals surface area contributed by atoms with Crippen LogP contribution in [0.2, 0.25) is 0 Å². The molecule has 2 atom stereocenters. The van der Waals surface area contributed by atoms with E-state index in [1.54, 1.807) is 31.2 Å². The molecule has 1 saturated heterocycles. The Labute approximate surface area is 215 Å². The molecule has 0 amide bonds. The van der Waals surface area contributed by atoms with Gasteiger partial charge in [0, 0.05) is 17.2 Å². The lowest BCUT2D eigenvalue weighted by atomic mass is 9.99. The smallest absolute Gasteiger partial charge is 0.200 e. The zero-order valence-electron chi connectivity index (χ0n) is 19.7. The van der Waals surface area contributed by atoms with Crippen molar-refractivity contribution in [3.8, 4) is 6.07 Å². The molecule has 0 saturated carbocycles. The summed E-state index contributed by atoms with van der Waals surface area (Å²) in [5, 5.41) is 23.6. The van der Waals surface area contributed by atoms with Crippen molar-refractivity contribution in [2.75, 3.05) is 13.2 Å². The predicted molar refractivity (Wildman–Crippen MR) is 131 cm³/mol. The monoisotopic (exact) mass is 528 g/mol. The first-order valence-electron chi connectivity index (χ1n) is 11.3. The van der Waals surface area contributed by atoms with Crippen molar-refractivity contribution in [2.45, 2.75) is 29.4 Å². The molecule has 1 aromatic heterocycles. The summed E-state index contributed by atoms with van der Waals surface area (Å²) in [4.78, 5) is 3.86. The van der Waals surface area contributed by atoms with E-state index in [-0.39, 0.29) is 29.6 Å². The zero-order chi connectivity index (χ0) is 26.4. The van der Waals surface area contributed by atoms with Crippen LogP contribution in [0.4, 0.5) is 13.2 Å². The molecule has 7 nitrogen and oxygen atoms in total. The maximum Gasteiger partial charge on any atom is 0.200 e. The van der Waals surface area contributed by atoms with E-state index < -0.39 is 34.7 Å². The van der Waals surface area contributed by atoms with Crippen LogP contribution in [0.1, 0.15) is 23.6 Å². The number of aromatic nitrogens is 3. The lowest BCUT2D eigenvalue weighted by molar-refractivity contribution is -0.146. The largest absolute Gasteiger partial charge is 0.364 e. The normalized spacial score (nSPS) is 20.6. The third kappa shape index (κ3) is 6.11. The van der Waals surface area contributed by atoms with E-state index in [1.165, 1.54) is 48.7 Å². The van der Waals surface area contributed by atoms with E-state index in [0.29, 0.717) is 11.6 Å². The highest BCUT2D eigenvalue weighted by atomic mass is 32.2. The minimum absolute atomic E-state index is 0.136. The summed E-state index contributed by atoms with van der Waals surface area (Å²) in [5.74, 6) is -2.15. The summed E-state index contributed by atoms with van der Waals surface area (Å²) < 4.78 is 54.7. The number of halogens is 3. The number of allylic oxidation sites excluding steroid dienone is 2. The number of hydrogen-bond donors (Lipinski definition) is 1. The van der Waals surface area contributed by atoms with Crippen molar-refractivity contribution in [2.24, 2.45) is 0 Å². The van der Waals surface area contributed by atoms with Gasteiger partial charge in [0.1, 0.15) is 30.1 Å². The quantitative estimate of drug-likeness (QED) is 0.434. The molecule has 2 aromatic carbocycles. The molecule has 0 aliphatic carbocycles. The van der Waals surface area contributed by atoms with Gasteiger partial charge in [-0.15, -0.1) is 11.8 Å². The van der Waals surface area contributed by atoms with Crippen LogP contribution in [0.5, 0.6) is 0 Å². The third-order valence-electron chi connectivity index (χ3n) is 5.74. The first-order chi connectivity index (χ1) is 17.8. The van der Waals surface area contributed by atoms with Crippen LogP contribution >= 0.6 is 11.8 Å². The number of nitriles is 1. The number of rotatable bonds is 8. The Hall–Kier alpha value is -3.43. The first kappa shape index (κ1) is 26.6. The van der Waals surface area contributed by atoms with Crippen molar-refractivity contribution >= 4 is 17.8 Å². The highest BCUT2D eigenvalue weighted by Crippen LogP contribution is 2.38. The Balaban J connectivity index is 1.36. The molecule has 1 N–H and O–H groups in total. The minimum Gasteiger partial charge on any atom is -0.364 e. The molecule has 11 heteroatoms. The molecule has 3 aromatic rings. The van der Waals surface area contributed by atoms with Gasteiger partial charge >= 0.3 is 0 Å². The van der Waals surface area contributed by atoms with Crippen LogP contribution in [-0.2, 0) is 15.2 Å². The highest BCUT2D eigenvalue weighted by molar-refractivity contribution is 8.00. The summed E-state index contributed by atoms with van der Waals surface area (Å²) in [7, 11) is 0. The summed E-state index contributed by atoms with van der Waals surface area (Å²) in [6.07, 6.45) is 8.40. The van der Waals surface area contributed by atoms with Crippen LogP contribution < -0.4 is 0 Å². The topological polar surface area (TPSA) is 93.2 Å². The van der Waals surface area contributed by atoms with Gasteiger partial charge in [0.05, 0.1) is 35.3 Å². The van der Waals surface area contributed by atoms with Gasteiger partial charge in [0.2, 0.25) is 0 Å². The van der Waals surface area contributed by atoms with Crippen molar-refractivity contribution in [3.63, 3.8) is 0 Å². The fourth-order valence-electron chi connectivity index (χ4n) is 3.82. The zero-order valence-corrected chi connectivity index (χ0v) is 20.5. The van der Waals surface area contributed by atoms with E-state index in [0.717, 1.165) is 10.7 Å². The molecule has 192 valence electrons. The lowest BCUT2D eigenvalue weighted by Crippen LogP contribution is -2.46. The number of ether oxygens (including phenoxy) is 2. The van der Waals surface area contributed by atoms with Crippen LogP contribution in [-0.4, -0.2) is 49.9 Å². The number of nitrogens with zero attached hydrogens (tertiary/aromatic N) is 4. The predicted octanol–water partition coefficient (Wildman–Crippen LogP) is 4.39. The maximum absolute atomic E-state index is 14.7.